The summed E-state index contributed by atoms with van der Waals surface area (Å²) in [6.45, 7) is 7.09. The van der Waals surface area contributed by atoms with Gasteiger partial charge < -0.3 is 9.64 Å². The molecule has 0 aromatic carbocycles. The van der Waals surface area contributed by atoms with Crippen LogP contribution in [0.15, 0.2) is 24.7 Å². The van der Waals surface area contributed by atoms with Crippen LogP contribution in [0, 0.1) is 5.92 Å². The largest absolute Gasteiger partial charge is 0.383 e. The summed E-state index contributed by atoms with van der Waals surface area (Å²) in [6.07, 6.45) is 6.12. The number of hydrogen-bond acceptors (Lipinski definition) is 3. The minimum absolute atomic E-state index is 0.529. The maximum absolute atomic E-state index is 5.14. The second-order valence-corrected chi connectivity index (χ2v) is 4.74. The van der Waals surface area contributed by atoms with Crippen LogP contribution < -0.4 is 0 Å². The molecule has 0 amide bonds. The quantitative estimate of drug-likeness (QED) is 0.797. The Hall–Kier alpha value is -1.35. The van der Waals surface area contributed by atoms with Crippen molar-refractivity contribution in [1.82, 2.24) is 9.88 Å². The molecule has 0 radical (unpaired) electrons. The lowest BCUT2D eigenvalue weighted by Crippen LogP contribution is -2.26. The first-order chi connectivity index (χ1) is 8.22. The molecule has 3 heteroatoms. The van der Waals surface area contributed by atoms with Gasteiger partial charge in [-0.05, 0) is 28.7 Å². The minimum atomic E-state index is 0.529. The summed E-state index contributed by atoms with van der Waals surface area (Å²) in [6, 6.07) is 2.12. The van der Waals surface area contributed by atoms with Gasteiger partial charge in [-0.3, -0.25) is 4.98 Å². The number of allylic oxidation sites excluding steroid dienone is 1. The molecule has 92 valence electrons. The smallest absolute Gasteiger partial charge is 0.0637 e. The van der Waals surface area contributed by atoms with Gasteiger partial charge in [0, 0.05) is 38.8 Å². The molecule has 0 spiro atoms. The summed E-state index contributed by atoms with van der Waals surface area (Å²) >= 11 is 0. The molecule has 0 aliphatic carbocycles. The van der Waals surface area contributed by atoms with Gasteiger partial charge in [0.25, 0.3) is 0 Å². The average molecular weight is 232 g/mol. The molecule has 0 N–H and O–H groups in total. The van der Waals surface area contributed by atoms with E-state index >= 15 is 0 Å². The Morgan fingerprint density at radius 2 is 2.29 bits per heavy atom. The molecular formula is C14H20N2O. The summed E-state index contributed by atoms with van der Waals surface area (Å²) in [4.78, 5) is 6.53. The Morgan fingerprint density at radius 1 is 1.47 bits per heavy atom. The van der Waals surface area contributed by atoms with E-state index in [1.165, 1.54) is 16.7 Å². The molecule has 2 heterocycles. The van der Waals surface area contributed by atoms with Crippen LogP contribution in [0.25, 0.3) is 5.57 Å². The van der Waals surface area contributed by atoms with Crippen LogP contribution in [0.4, 0.5) is 0 Å². The number of fused-ring (bicyclic) bond motifs is 1. The Bertz CT molecular complexity index is 412. The van der Waals surface area contributed by atoms with Gasteiger partial charge in [0.05, 0.1) is 6.61 Å². The van der Waals surface area contributed by atoms with Crippen molar-refractivity contribution in [3.8, 4) is 0 Å². The summed E-state index contributed by atoms with van der Waals surface area (Å²) in [5, 5.41) is 0. The highest BCUT2D eigenvalue weighted by Gasteiger charge is 2.18. The molecular weight excluding hydrogens is 212 g/mol. The van der Waals surface area contributed by atoms with Crippen LogP contribution in [0.5, 0.6) is 0 Å². The number of hydrogen-bond donors (Lipinski definition) is 0. The first-order valence-corrected chi connectivity index (χ1v) is 6.10. The van der Waals surface area contributed by atoms with Crippen LogP contribution in [0.1, 0.15) is 25.0 Å². The minimum Gasteiger partial charge on any atom is -0.383 e. The van der Waals surface area contributed by atoms with E-state index in [-0.39, 0.29) is 0 Å². The van der Waals surface area contributed by atoms with Gasteiger partial charge in [0.2, 0.25) is 0 Å². The van der Waals surface area contributed by atoms with Gasteiger partial charge >= 0.3 is 0 Å². The van der Waals surface area contributed by atoms with Gasteiger partial charge in [-0.1, -0.05) is 13.8 Å². The summed E-state index contributed by atoms with van der Waals surface area (Å²) in [5.74, 6) is 0.529. The van der Waals surface area contributed by atoms with E-state index < -0.39 is 0 Å². The number of pyridine rings is 1. The summed E-state index contributed by atoms with van der Waals surface area (Å²) < 4.78 is 5.14. The Morgan fingerprint density at radius 3 is 3.00 bits per heavy atom. The molecule has 2 rings (SSSR count). The zero-order valence-corrected chi connectivity index (χ0v) is 10.8. The van der Waals surface area contributed by atoms with Crippen LogP contribution >= 0.6 is 0 Å². The molecule has 1 aromatic heterocycles. The van der Waals surface area contributed by atoms with Crippen LogP contribution in [-0.4, -0.2) is 30.1 Å². The van der Waals surface area contributed by atoms with Crippen molar-refractivity contribution in [2.45, 2.75) is 20.4 Å². The molecule has 17 heavy (non-hydrogen) atoms. The zero-order valence-electron chi connectivity index (χ0n) is 10.8. The van der Waals surface area contributed by atoms with Crippen molar-refractivity contribution < 1.29 is 4.74 Å². The van der Waals surface area contributed by atoms with Gasteiger partial charge in [-0.25, -0.2) is 0 Å². The van der Waals surface area contributed by atoms with Crippen LogP contribution in [-0.2, 0) is 11.3 Å². The topological polar surface area (TPSA) is 25.4 Å². The molecule has 0 fully saturated rings. The van der Waals surface area contributed by atoms with Crippen LogP contribution in [0.3, 0.4) is 0 Å². The van der Waals surface area contributed by atoms with E-state index in [1.807, 2.05) is 12.4 Å². The number of nitrogens with zero attached hydrogens (tertiary/aromatic N) is 2. The van der Waals surface area contributed by atoms with E-state index in [1.54, 1.807) is 7.11 Å². The fourth-order valence-corrected chi connectivity index (χ4v) is 2.18. The van der Waals surface area contributed by atoms with E-state index in [4.69, 9.17) is 4.74 Å². The lowest BCUT2D eigenvalue weighted by Gasteiger charge is -2.30. The number of aromatic nitrogens is 1. The molecule has 0 unspecified atom stereocenters. The highest BCUT2D eigenvalue weighted by molar-refractivity contribution is 5.70. The number of ether oxygens (including phenoxy) is 1. The predicted molar refractivity (Wildman–Crippen MR) is 69.3 cm³/mol. The first kappa shape index (κ1) is 12.1. The van der Waals surface area contributed by atoms with Gasteiger partial charge in [-0.15, -0.1) is 0 Å². The molecule has 1 aromatic rings. The van der Waals surface area contributed by atoms with Crippen molar-refractivity contribution in [2.24, 2.45) is 5.92 Å². The predicted octanol–water partition coefficient (Wildman–Crippen LogP) is 2.54. The van der Waals surface area contributed by atoms with E-state index in [0.717, 1.165) is 19.7 Å². The summed E-state index contributed by atoms with van der Waals surface area (Å²) in [5.41, 5.74) is 4.06. The first-order valence-electron chi connectivity index (χ1n) is 6.10. The zero-order chi connectivity index (χ0) is 12.3. The molecule has 0 atom stereocenters. The Balaban J connectivity index is 2.27. The molecule has 3 nitrogen and oxygen atoms in total. The monoisotopic (exact) mass is 232 g/mol. The normalized spacial score (nSPS) is 14.8. The van der Waals surface area contributed by atoms with Gasteiger partial charge in [-0.2, -0.15) is 0 Å². The standard InChI is InChI=1S/C14H20N2O/c1-11(2)14-10-16(6-7-17-3)9-12-8-15-5-4-13(12)14/h4-5,8,10-11H,6-7,9H2,1-3H3. The van der Waals surface area contributed by atoms with Crippen molar-refractivity contribution in [2.75, 3.05) is 20.3 Å². The number of methoxy groups -OCH3 is 1. The Kier molecular flexibility index (Phi) is 3.79. The van der Waals surface area contributed by atoms with E-state index in [2.05, 4.69) is 36.0 Å². The van der Waals surface area contributed by atoms with Crippen molar-refractivity contribution in [1.29, 1.82) is 0 Å². The fourth-order valence-electron chi connectivity index (χ4n) is 2.18. The fraction of sp³-hybridized carbons (Fsp3) is 0.500. The van der Waals surface area contributed by atoms with Crippen molar-refractivity contribution in [3.63, 3.8) is 0 Å². The molecule has 0 bridgehead atoms. The van der Waals surface area contributed by atoms with Crippen molar-refractivity contribution in [3.05, 3.63) is 35.8 Å². The number of rotatable bonds is 4. The van der Waals surface area contributed by atoms with Gasteiger partial charge in [0.15, 0.2) is 0 Å². The highest BCUT2D eigenvalue weighted by atomic mass is 16.5. The molecule has 0 saturated heterocycles. The SMILES string of the molecule is COCCN1C=C(C(C)C)c2ccncc2C1. The maximum atomic E-state index is 5.14. The Labute approximate surface area is 103 Å². The second-order valence-electron chi connectivity index (χ2n) is 4.74. The molecule has 1 aliphatic rings. The second kappa shape index (κ2) is 5.32. The van der Waals surface area contributed by atoms with Crippen molar-refractivity contribution >= 4 is 5.57 Å². The average Bonchev–Trinajstić information content (AvgIpc) is 2.35. The highest BCUT2D eigenvalue weighted by Crippen LogP contribution is 2.30. The molecule has 0 saturated carbocycles. The third-order valence-electron chi connectivity index (χ3n) is 3.11. The van der Waals surface area contributed by atoms with E-state index in [0.29, 0.717) is 5.92 Å². The maximum Gasteiger partial charge on any atom is 0.0637 e. The third kappa shape index (κ3) is 2.67. The molecule has 1 aliphatic heterocycles. The van der Waals surface area contributed by atoms with E-state index in [9.17, 15) is 0 Å². The third-order valence-corrected chi connectivity index (χ3v) is 3.11. The van der Waals surface area contributed by atoms with Gasteiger partial charge in [0.1, 0.15) is 0 Å². The lowest BCUT2D eigenvalue weighted by atomic mass is 9.91. The lowest BCUT2D eigenvalue weighted by molar-refractivity contribution is 0.166. The van der Waals surface area contributed by atoms with Crippen LogP contribution in [0.2, 0.25) is 0 Å². The summed E-state index contributed by atoms with van der Waals surface area (Å²) in [7, 11) is 1.74.